The van der Waals surface area contributed by atoms with Crippen molar-refractivity contribution in [3.8, 4) is 0 Å². The van der Waals surface area contributed by atoms with Crippen LogP contribution in [0.3, 0.4) is 0 Å². The van der Waals surface area contributed by atoms with Gasteiger partial charge >= 0.3 is 0 Å². The third kappa shape index (κ3) is 3.58. The minimum atomic E-state index is 0.151. The lowest BCUT2D eigenvalue weighted by atomic mass is 9.72. The number of methoxy groups -OCH3 is 1. The Kier molecular flexibility index (Phi) is 5.02. The summed E-state index contributed by atoms with van der Waals surface area (Å²) in [5.41, 5.74) is 0.188. The second-order valence-corrected chi connectivity index (χ2v) is 7.53. The van der Waals surface area contributed by atoms with Gasteiger partial charge in [0.05, 0.1) is 11.5 Å². The Hall–Kier alpha value is -1.40. The summed E-state index contributed by atoms with van der Waals surface area (Å²) in [6, 6.07) is 3.81. The van der Waals surface area contributed by atoms with Crippen LogP contribution in [0.25, 0.3) is 0 Å². The van der Waals surface area contributed by atoms with Crippen molar-refractivity contribution < 1.29 is 14.3 Å². The molecule has 126 valence electrons. The minimum absolute atomic E-state index is 0.151. The highest BCUT2D eigenvalue weighted by Crippen LogP contribution is 2.40. The van der Waals surface area contributed by atoms with Crippen molar-refractivity contribution in [1.29, 1.82) is 0 Å². The van der Waals surface area contributed by atoms with Gasteiger partial charge in [-0.15, -0.1) is 11.3 Å². The molecule has 2 amide bonds. The highest BCUT2D eigenvalue weighted by atomic mass is 32.1. The van der Waals surface area contributed by atoms with Gasteiger partial charge in [-0.25, -0.2) is 0 Å². The van der Waals surface area contributed by atoms with Gasteiger partial charge in [0.15, 0.2) is 0 Å². The summed E-state index contributed by atoms with van der Waals surface area (Å²) in [4.78, 5) is 29.2. The Morgan fingerprint density at radius 2 is 2.13 bits per heavy atom. The van der Waals surface area contributed by atoms with E-state index in [2.05, 4.69) is 0 Å². The molecule has 2 aliphatic heterocycles. The zero-order chi connectivity index (χ0) is 16.3. The molecule has 6 heteroatoms. The molecule has 3 heterocycles. The van der Waals surface area contributed by atoms with Crippen molar-refractivity contribution in [2.45, 2.75) is 25.7 Å². The molecule has 23 heavy (non-hydrogen) atoms. The first-order valence-corrected chi connectivity index (χ1v) is 9.11. The molecule has 2 fully saturated rings. The summed E-state index contributed by atoms with van der Waals surface area (Å²) < 4.78 is 5.11. The second-order valence-electron chi connectivity index (χ2n) is 6.58. The van der Waals surface area contributed by atoms with E-state index in [9.17, 15) is 9.59 Å². The minimum Gasteiger partial charge on any atom is -0.383 e. The number of likely N-dealkylation sites (tertiary alicyclic amines) is 2. The van der Waals surface area contributed by atoms with Crippen LogP contribution in [0.1, 0.15) is 35.4 Å². The smallest absolute Gasteiger partial charge is 0.263 e. The van der Waals surface area contributed by atoms with E-state index in [1.165, 1.54) is 11.3 Å². The van der Waals surface area contributed by atoms with Crippen LogP contribution < -0.4 is 0 Å². The zero-order valence-electron chi connectivity index (χ0n) is 13.6. The molecule has 0 N–H and O–H groups in total. The van der Waals surface area contributed by atoms with E-state index in [1.54, 1.807) is 7.11 Å². The topological polar surface area (TPSA) is 49.9 Å². The van der Waals surface area contributed by atoms with E-state index in [-0.39, 0.29) is 17.2 Å². The summed E-state index contributed by atoms with van der Waals surface area (Å²) >= 11 is 1.50. The molecule has 2 aliphatic rings. The maximum absolute atomic E-state index is 12.4. The van der Waals surface area contributed by atoms with Gasteiger partial charge < -0.3 is 14.5 Å². The molecule has 0 atom stereocenters. The standard InChI is InChI=1S/C17H24N2O3S/c1-22-11-10-19-13-17(5-4-15(19)20)6-8-18(9-7-17)16(21)14-3-2-12-23-14/h2-3,12H,4-11,13H2,1H3. The zero-order valence-corrected chi connectivity index (χ0v) is 14.4. The number of hydrogen-bond donors (Lipinski definition) is 0. The molecule has 0 radical (unpaired) electrons. The van der Waals surface area contributed by atoms with Crippen molar-refractivity contribution >= 4 is 23.2 Å². The first-order chi connectivity index (χ1) is 11.1. The Morgan fingerprint density at radius 3 is 2.78 bits per heavy atom. The third-order valence-electron chi connectivity index (χ3n) is 5.16. The lowest BCUT2D eigenvalue weighted by Crippen LogP contribution is -2.52. The predicted molar refractivity (Wildman–Crippen MR) is 89.6 cm³/mol. The third-order valence-corrected chi connectivity index (χ3v) is 6.01. The van der Waals surface area contributed by atoms with Crippen molar-refractivity contribution in [1.82, 2.24) is 9.80 Å². The Bertz CT molecular complexity index is 550. The lowest BCUT2D eigenvalue weighted by Gasteiger charge is -2.47. The molecule has 1 spiro atoms. The first-order valence-electron chi connectivity index (χ1n) is 8.23. The summed E-state index contributed by atoms with van der Waals surface area (Å²) in [6.07, 6.45) is 3.56. The van der Waals surface area contributed by atoms with Crippen LogP contribution in [0, 0.1) is 5.41 Å². The van der Waals surface area contributed by atoms with Crippen LogP contribution in [0.15, 0.2) is 17.5 Å². The van der Waals surface area contributed by atoms with Crippen LogP contribution in [0.2, 0.25) is 0 Å². The number of carbonyl (C=O) groups is 2. The van der Waals surface area contributed by atoms with Crippen LogP contribution in [-0.4, -0.2) is 61.5 Å². The quantitative estimate of drug-likeness (QED) is 0.847. The van der Waals surface area contributed by atoms with E-state index in [1.807, 2.05) is 27.3 Å². The van der Waals surface area contributed by atoms with Crippen LogP contribution >= 0.6 is 11.3 Å². The molecule has 3 rings (SSSR count). The lowest BCUT2D eigenvalue weighted by molar-refractivity contribution is -0.139. The summed E-state index contributed by atoms with van der Waals surface area (Å²) in [5.74, 6) is 0.391. The number of nitrogens with zero attached hydrogens (tertiary/aromatic N) is 2. The number of thiophene rings is 1. The molecule has 0 aromatic carbocycles. The van der Waals surface area contributed by atoms with Crippen LogP contribution in [-0.2, 0) is 9.53 Å². The molecule has 2 saturated heterocycles. The van der Waals surface area contributed by atoms with E-state index in [0.29, 0.717) is 19.6 Å². The highest BCUT2D eigenvalue weighted by Gasteiger charge is 2.41. The second kappa shape index (κ2) is 7.01. The fourth-order valence-corrected chi connectivity index (χ4v) is 4.35. The fourth-order valence-electron chi connectivity index (χ4n) is 3.66. The molecular formula is C17H24N2O3S. The number of amides is 2. The molecule has 5 nitrogen and oxygen atoms in total. The molecular weight excluding hydrogens is 312 g/mol. The molecule has 0 unspecified atom stereocenters. The van der Waals surface area contributed by atoms with Gasteiger partial charge in [-0.2, -0.15) is 0 Å². The molecule has 0 aliphatic carbocycles. The SMILES string of the molecule is COCCN1CC2(CCC1=O)CCN(C(=O)c1cccs1)CC2. The summed E-state index contributed by atoms with van der Waals surface area (Å²) in [5, 5.41) is 1.94. The number of piperidine rings is 2. The summed E-state index contributed by atoms with van der Waals surface area (Å²) in [7, 11) is 1.67. The Balaban J connectivity index is 1.59. The monoisotopic (exact) mass is 336 g/mol. The Labute approximate surface area is 141 Å². The number of hydrogen-bond acceptors (Lipinski definition) is 4. The predicted octanol–water partition coefficient (Wildman–Crippen LogP) is 2.24. The van der Waals surface area contributed by atoms with E-state index < -0.39 is 0 Å². The number of ether oxygens (including phenoxy) is 1. The van der Waals surface area contributed by atoms with Gasteiger partial charge in [0, 0.05) is 39.7 Å². The molecule has 0 saturated carbocycles. The highest BCUT2D eigenvalue weighted by molar-refractivity contribution is 7.12. The van der Waals surface area contributed by atoms with Gasteiger partial charge in [0.2, 0.25) is 5.91 Å². The van der Waals surface area contributed by atoms with Crippen molar-refractivity contribution in [2.24, 2.45) is 5.41 Å². The van der Waals surface area contributed by atoms with Gasteiger partial charge in [0.1, 0.15) is 0 Å². The normalized spacial score (nSPS) is 21.0. The maximum atomic E-state index is 12.4. The maximum Gasteiger partial charge on any atom is 0.263 e. The molecule has 1 aromatic rings. The fraction of sp³-hybridized carbons (Fsp3) is 0.647. The van der Waals surface area contributed by atoms with Crippen molar-refractivity contribution in [2.75, 3.05) is 39.9 Å². The Morgan fingerprint density at radius 1 is 1.35 bits per heavy atom. The van der Waals surface area contributed by atoms with Crippen molar-refractivity contribution in [3.63, 3.8) is 0 Å². The van der Waals surface area contributed by atoms with Crippen molar-refractivity contribution in [3.05, 3.63) is 22.4 Å². The van der Waals surface area contributed by atoms with Gasteiger partial charge in [-0.05, 0) is 36.1 Å². The molecule has 1 aromatic heterocycles. The molecule has 0 bridgehead atoms. The van der Waals surface area contributed by atoms with Gasteiger partial charge in [0.25, 0.3) is 5.91 Å². The van der Waals surface area contributed by atoms with E-state index in [0.717, 1.165) is 43.8 Å². The van der Waals surface area contributed by atoms with Gasteiger partial charge in [-0.3, -0.25) is 9.59 Å². The van der Waals surface area contributed by atoms with Crippen LogP contribution in [0.4, 0.5) is 0 Å². The van der Waals surface area contributed by atoms with Gasteiger partial charge in [-0.1, -0.05) is 6.07 Å². The first kappa shape index (κ1) is 16.5. The number of rotatable bonds is 4. The number of carbonyl (C=O) groups excluding carboxylic acids is 2. The van der Waals surface area contributed by atoms with E-state index in [4.69, 9.17) is 4.74 Å². The van der Waals surface area contributed by atoms with E-state index >= 15 is 0 Å². The van der Waals surface area contributed by atoms with Crippen LogP contribution in [0.5, 0.6) is 0 Å². The average Bonchev–Trinajstić information content (AvgIpc) is 3.11. The average molecular weight is 336 g/mol. The summed E-state index contributed by atoms with van der Waals surface area (Å²) in [6.45, 7) is 3.67. The largest absolute Gasteiger partial charge is 0.383 e.